The van der Waals surface area contributed by atoms with Gasteiger partial charge in [0.05, 0.1) is 5.52 Å². The summed E-state index contributed by atoms with van der Waals surface area (Å²) in [5, 5.41) is 8.20. The second-order valence-corrected chi connectivity index (χ2v) is 8.63. The maximum absolute atomic E-state index is 13.2. The van der Waals surface area contributed by atoms with Crippen LogP contribution in [0.5, 0.6) is 0 Å². The second kappa shape index (κ2) is 8.22. The predicted octanol–water partition coefficient (Wildman–Crippen LogP) is 3.51. The maximum Gasteiger partial charge on any atom is 0.275 e. The molecule has 1 amide bonds. The van der Waals surface area contributed by atoms with Crippen molar-refractivity contribution in [1.29, 1.82) is 0 Å². The minimum Gasteiger partial charge on any atom is -0.381 e. The molecule has 2 aliphatic heterocycles. The molecule has 0 spiro atoms. The van der Waals surface area contributed by atoms with Crippen molar-refractivity contribution in [1.82, 2.24) is 24.6 Å². The number of imidazole rings is 1. The van der Waals surface area contributed by atoms with Crippen molar-refractivity contribution in [3.05, 3.63) is 47.7 Å². The molecule has 1 atom stereocenters. The van der Waals surface area contributed by atoms with Crippen LogP contribution in [0, 0.1) is 12.8 Å². The molecule has 0 bridgehead atoms. The fourth-order valence-corrected chi connectivity index (χ4v) is 4.93. The zero-order chi connectivity index (χ0) is 20.5. The first kappa shape index (κ1) is 19.3. The van der Waals surface area contributed by atoms with E-state index >= 15 is 0 Å². The largest absolute Gasteiger partial charge is 0.381 e. The van der Waals surface area contributed by atoms with Crippen molar-refractivity contribution < 1.29 is 9.53 Å². The number of carbonyl (C=O) groups excluding carboxylic acids is 1. The number of amides is 1. The normalized spacial score (nSPS) is 20.7. The van der Waals surface area contributed by atoms with Gasteiger partial charge in [-0.05, 0) is 44.6 Å². The molecule has 158 valence electrons. The molecule has 0 radical (unpaired) electrons. The summed E-state index contributed by atoms with van der Waals surface area (Å²) in [7, 11) is 0. The summed E-state index contributed by atoms with van der Waals surface area (Å²) in [4.78, 5) is 19.9. The quantitative estimate of drug-likeness (QED) is 0.718. The molecule has 5 rings (SSSR count). The highest BCUT2D eigenvalue weighted by Crippen LogP contribution is 2.29. The standard InChI is InChI=1S/C23H29N5O2/c1-16-13-24-22(18-8-11-30-12-9-18)28(16)15-17-5-4-10-27(14-17)23(29)21-19-6-2-3-7-20(19)25-26-21/h2-3,6-7,13,17-18H,4-5,8-12,14-15H2,1H3,(H,25,26). The third-order valence-corrected chi connectivity index (χ3v) is 6.59. The lowest BCUT2D eigenvalue weighted by Gasteiger charge is -2.33. The van der Waals surface area contributed by atoms with Crippen LogP contribution in [-0.2, 0) is 11.3 Å². The van der Waals surface area contributed by atoms with E-state index in [9.17, 15) is 4.79 Å². The number of piperidine rings is 1. The maximum atomic E-state index is 13.2. The van der Waals surface area contributed by atoms with Gasteiger partial charge in [0.15, 0.2) is 5.69 Å². The number of rotatable bonds is 4. The van der Waals surface area contributed by atoms with Crippen LogP contribution >= 0.6 is 0 Å². The van der Waals surface area contributed by atoms with Crippen LogP contribution in [0.3, 0.4) is 0 Å². The Bertz CT molecular complexity index is 1030. The zero-order valence-corrected chi connectivity index (χ0v) is 17.5. The Balaban J connectivity index is 1.32. The number of hydrogen-bond acceptors (Lipinski definition) is 4. The molecule has 2 saturated heterocycles. The van der Waals surface area contributed by atoms with E-state index in [4.69, 9.17) is 9.72 Å². The van der Waals surface area contributed by atoms with Gasteiger partial charge >= 0.3 is 0 Å². The first-order valence-electron chi connectivity index (χ1n) is 11.0. The van der Waals surface area contributed by atoms with Crippen molar-refractivity contribution in [2.45, 2.75) is 45.1 Å². The van der Waals surface area contributed by atoms with E-state index in [2.05, 4.69) is 21.7 Å². The number of H-pyrrole nitrogens is 1. The summed E-state index contributed by atoms with van der Waals surface area (Å²) in [6.07, 6.45) is 6.23. The van der Waals surface area contributed by atoms with Crippen LogP contribution in [0.2, 0.25) is 0 Å². The molecule has 1 unspecified atom stereocenters. The Kier molecular flexibility index (Phi) is 5.29. The van der Waals surface area contributed by atoms with Crippen molar-refractivity contribution in [3.8, 4) is 0 Å². The number of hydrogen-bond donors (Lipinski definition) is 1. The highest BCUT2D eigenvalue weighted by molar-refractivity contribution is 6.04. The molecule has 1 aromatic carbocycles. The van der Waals surface area contributed by atoms with Crippen molar-refractivity contribution >= 4 is 16.8 Å². The highest BCUT2D eigenvalue weighted by atomic mass is 16.5. The van der Waals surface area contributed by atoms with Crippen LogP contribution in [0.1, 0.15) is 53.6 Å². The molecular weight excluding hydrogens is 378 g/mol. The van der Waals surface area contributed by atoms with Gasteiger partial charge in [-0.1, -0.05) is 18.2 Å². The second-order valence-electron chi connectivity index (χ2n) is 8.63. The summed E-state index contributed by atoms with van der Waals surface area (Å²) >= 11 is 0. The molecule has 2 fully saturated rings. The van der Waals surface area contributed by atoms with Gasteiger partial charge in [0.1, 0.15) is 5.82 Å². The van der Waals surface area contributed by atoms with Crippen LogP contribution < -0.4 is 0 Å². The van der Waals surface area contributed by atoms with Crippen molar-refractivity contribution in [2.24, 2.45) is 5.92 Å². The number of nitrogens with one attached hydrogen (secondary N) is 1. The minimum atomic E-state index is 0.0316. The van der Waals surface area contributed by atoms with Gasteiger partial charge in [0.25, 0.3) is 5.91 Å². The molecule has 7 nitrogen and oxygen atoms in total. The number of para-hydroxylation sites is 1. The number of benzene rings is 1. The van der Waals surface area contributed by atoms with Crippen LogP contribution in [0.15, 0.2) is 30.5 Å². The molecular formula is C23H29N5O2. The molecule has 3 aromatic rings. The number of nitrogens with zero attached hydrogens (tertiary/aromatic N) is 4. The van der Waals surface area contributed by atoms with E-state index < -0.39 is 0 Å². The summed E-state index contributed by atoms with van der Waals surface area (Å²) in [6, 6.07) is 7.82. The summed E-state index contributed by atoms with van der Waals surface area (Å²) in [5.41, 5.74) is 2.65. The number of fused-ring (bicyclic) bond motifs is 1. The monoisotopic (exact) mass is 407 g/mol. The lowest BCUT2D eigenvalue weighted by atomic mass is 9.96. The molecule has 4 heterocycles. The third-order valence-electron chi connectivity index (χ3n) is 6.59. The number of carbonyl (C=O) groups is 1. The van der Waals surface area contributed by atoms with Gasteiger partial charge in [-0.2, -0.15) is 5.10 Å². The molecule has 0 aliphatic carbocycles. The van der Waals surface area contributed by atoms with E-state index in [0.717, 1.165) is 69.4 Å². The summed E-state index contributed by atoms with van der Waals surface area (Å²) in [6.45, 7) is 6.26. The van der Waals surface area contributed by atoms with Crippen LogP contribution in [0.25, 0.3) is 10.9 Å². The SMILES string of the molecule is Cc1cnc(C2CCOCC2)n1CC1CCCN(C(=O)c2n[nH]c3ccccc23)C1. The van der Waals surface area contributed by atoms with Crippen LogP contribution in [-0.4, -0.2) is 56.9 Å². The average Bonchev–Trinajstić information content (AvgIpc) is 3.38. The Morgan fingerprint density at radius 3 is 2.93 bits per heavy atom. The first-order chi connectivity index (χ1) is 14.7. The van der Waals surface area contributed by atoms with Gasteiger partial charge in [-0.25, -0.2) is 4.98 Å². The Hall–Kier alpha value is -2.67. The van der Waals surface area contributed by atoms with Crippen molar-refractivity contribution in [3.63, 3.8) is 0 Å². The van der Waals surface area contributed by atoms with Gasteiger partial charge < -0.3 is 14.2 Å². The van der Waals surface area contributed by atoms with E-state index in [-0.39, 0.29) is 5.91 Å². The van der Waals surface area contributed by atoms with Gasteiger partial charge in [0, 0.05) is 56.0 Å². The average molecular weight is 408 g/mol. The van der Waals surface area contributed by atoms with Crippen LogP contribution in [0.4, 0.5) is 0 Å². The Morgan fingerprint density at radius 2 is 2.07 bits per heavy atom. The number of aromatic nitrogens is 4. The molecule has 7 heteroatoms. The van der Waals surface area contributed by atoms with E-state index in [1.54, 1.807) is 0 Å². The number of ether oxygens (including phenoxy) is 1. The molecule has 0 saturated carbocycles. The van der Waals surface area contributed by atoms with Gasteiger partial charge in [0.2, 0.25) is 0 Å². The summed E-state index contributed by atoms with van der Waals surface area (Å²) < 4.78 is 7.92. The number of aromatic amines is 1. The highest BCUT2D eigenvalue weighted by Gasteiger charge is 2.29. The molecule has 2 aromatic heterocycles. The van der Waals surface area contributed by atoms with E-state index in [0.29, 0.717) is 17.5 Å². The van der Waals surface area contributed by atoms with Gasteiger partial charge in [-0.15, -0.1) is 0 Å². The van der Waals surface area contributed by atoms with E-state index in [1.165, 1.54) is 11.5 Å². The Morgan fingerprint density at radius 1 is 1.23 bits per heavy atom. The lowest BCUT2D eigenvalue weighted by molar-refractivity contribution is 0.0653. The molecule has 30 heavy (non-hydrogen) atoms. The molecule has 2 aliphatic rings. The third kappa shape index (κ3) is 3.62. The zero-order valence-electron chi connectivity index (χ0n) is 17.5. The van der Waals surface area contributed by atoms with E-state index in [1.807, 2.05) is 35.4 Å². The fourth-order valence-electron chi connectivity index (χ4n) is 4.93. The van der Waals surface area contributed by atoms with Crippen molar-refractivity contribution in [2.75, 3.05) is 26.3 Å². The predicted molar refractivity (Wildman–Crippen MR) is 114 cm³/mol. The lowest BCUT2D eigenvalue weighted by Crippen LogP contribution is -2.41. The topological polar surface area (TPSA) is 76.0 Å². The fraction of sp³-hybridized carbons (Fsp3) is 0.522. The number of likely N-dealkylation sites (tertiary alicyclic amines) is 1. The first-order valence-corrected chi connectivity index (χ1v) is 11.0. The summed E-state index contributed by atoms with van der Waals surface area (Å²) in [5.74, 6) is 2.13. The smallest absolute Gasteiger partial charge is 0.275 e. The minimum absolute atomic E-state index is 0.0316. The molecule has 1 N–H and O–H groups in total. The number of aryl methyl sites for hydroxylation is 1. The Labute approximate surface area is 176 Å². The van der Waals surface area contributed by atoms with Gasteiger partial charge in [-0.3, -0.25) is 9.89 Å².